The lowest BCUT2D eigenvalue weighted by atomic mass is 10.1. The van der Waals surface area contributed by atoms with Gasteiger partial charge in [-0.3, -0.25) is 10.1 Å². The molecule has 5 rings (SSSR count). The van der Waals surface area contributed by atoms with Crippen LogP contribution in [0.3, 0.4) is 0 Å². The van der Waals surface area contributed by atoms with Crippen molar-refractivity contribution in [2.45, 2.75) is 26.8 Å². The molecule has 1 aliphatic heterocycles. The fourth-order valence-electron chi connectivity index (χ4n) is 4.84. The summed E-state index contributed by atoms with van der Waals surface area (Å²) >= 11 is 0. The minimum Gasteiger partial charge on any atom is -0.465 e. The summed E-state index contributed by atoms with van der Waals surface area (Å²) in [6.45, 7) is 5.54. The maximum absolute atomic E-state index is 12.2. The summed E-state index contributed by atoms with van der Waals surface area (Å²) in [4.78, 5) is 30.9. The van der Waals surface area contributed by atoms with Crippen molar-refractivity contribution in [2.75, 3.05) is 18.6 Å². The number of ether oxygens (including phenoxy) is 1. The summed E-state index contributed by atoms with van der Waals surface area (Å²) in [6.07, 6.45) is 0.812. The summed E-state index contributed by atoms with van der Waals surface area (Å²) < 4.78 is 6.97. The number of nitrogens with zero attached hydrogens (tertiary/aromatic N) is 4. The number of para-hydroxylation sites is 2. The lowest BCUT2D eigenvalue weighted by Crippen LogP contribution is -2.17. The monoisotopic (exact) mass is 470 g/mol. The summed E-state index contributed by atoms with van der Waals surface area (Å²) in [5.74, 6) is 0.511. The predicted molar refractivity (Wildman–Crippen MR) is 135 cm³/mol. The van der Waals surface area contributed by atoms with Crippen molar-refractivity contribution in [3.63, 3.8) is 0 Å². The van der Waals surface area contributed by atoms with Crippen LogP contribution in [-0.4, -0.2) is 34.1 Å². The number of carbonyl (C=O) groups is 1. The molecule has 0 fully saturated rings. The number of anilines is 2. The number of rotatable bonds is 6. The third-order valence-electron chi connectivity index (χ3n) is 6.33. The molecular weight excluding hydrogens is 444 g/mol. The Hall–Kier alpha value is -4.20. The van der Waals surface area contributed by atoms with Gasteiger partial charge in [-0.05, 0) is 48.2 Å². The number of carbonyl (C=O) groups excluding carboxylic acids is 1. The minimum absolute atomic E-state index is 0.0394. The van der Waals surface area contributed by atoms with Gasteiger partial charge in [-0.1, -0.05) is 38.1 Å². The Morgan fingerprint density at radius 2 is 1.94 bits per heavy atom. The number of aromatic nitrogens is 2. The van der Waals surface area contributed by atoms with E-state index >= 15 is 0 Å². The summed E-state index contributed by atoms with van der Waals surface area (Å²) in [7, 11) is 1.35. The molecule has 2 heterocycles. The lowest BCUT2D eigenvalue weighted by Gasteiger charge is -2.23. The highest BCUT2D eigenvalue weighted by molar-refractivity contribution is 5.96. The van der Waals surface area contributed by atoms with Crippen LogP contribution in [0.5, 0.6) is 0 Å². The quantitative estimate of drug-likeness (QED) is 0.202. The first-order valence-corrected chi connectivity index (χ1v) is 11.6. The van der Waals surface area contributed by atoms with Gasteiger partial charge in [0.1, 0.15) is 11.5 Å². The van der Waals surface area contributed by atoms with Crippen molar-refractivity contribution in [1.82, 2.24) is 9.55 Å². The number of methoxy groups -OCH3 is 1. The second-order valence-corrected chi connectivity index (χ2v) is 9.10. The molecule has 0 bridgehead atoms. The Balaban J connectivity index is 1.78. The van der Waals surface area contributed by atoms with Gasteiger partial charge in [0.15, 0.2) is 0 Å². The van der Waals surface area contributed by atoms with Crippen molar-refractivity contribution >= 4 is 34.1 Å². The standard InChI is InChI=1S/C27H26N4O4/c1-17(2)16-30-23-12-11-19(27(32)35-3)15-21(23)28-26(30)20-8-6-10-24(31(33)34)25(20)29-14-13-18-7-4-5-9-22(18)29/h4-12,15,17H,13-14,16H2,1-3H3. The zero-order valence-corrected chi connectivity index (χ0v) is 19.9. The molecule has 3 aromatic carbocycles. The number of nitro benzene ring substituents is 1. The van der Waals surface area contributed by atoms with Crippen LogP contribution in [0.2, 0.25) is 0 Å². The fraction of sp³-hybridized carbons (Fsp3) is 0.259. The van der Waals surface area contributed by atoms with Crippen LogP contribution in [0.25, 0.3) is 22.4 Å². The molecule has 0 radical (unpaired) electrons. The smallest absolute Gasteiger partial charge is 0.337 e. The molecule has 0 atom stereocenters. The van der Waals surface area contributed by atoms with E-state index in [0.29, 0.717) is 47.2 Å². The number of hydrogen-bond acceptors (Lipinski definition) is 6. The van der Waals surface area contributed by atoms with E-state index in [-0.39, 0.29) is 10.6 Å². The third-order valence-corrected chi connectivity index (χ3v) is 6.33. The Labute approximate surface area is 202 Å². The molecule has 0 aliphatic carbocycles. The van der Waals surface area contributed by atoms with Crippen LogP contribution in [-0.2, 0) is 17.7 Å². The van der Waals surface area contributed by atoms with Crippen molar-refractivity contribution in [2.24, 2.45) is 5.92 Å². The number of esters is 1. The predicted octanol–water partition coefficient (Wildman–Crippen LogP) is 5.75. The van der Waals surface area contributed by atoms with Gasteiger partial charge in [-0.2, -0.15) is 0 Å². The first-order chi connectivity index (χ1) is 16.9. The van der Waals surface area contributed by atoms with Crippen molar-refractivity contribution in [3.05, 3.63) is 81.9 Å². The van der Waals surface area contributed by atoms with E-state index in [1.807, 2.05) is 35.2 Å². The van der Waals surface area contributed by atoms with Crippen molar-refractivity contribution in [3.8, 4) is 11.4 Å². The summed E-state index contributed by atoms with van der Waals surface area (Å²) in [6, 6.07) is 18.4. The molecule has 4 aromatic rings. The van der Waals surface area contributed by atoms with Gasteiger partial charge < -0.3 is 14.2 Å². The van der Waals surface area contributed by atoms with E-state index in [1.54, 1.807) is 24.3 Å². The van der Waals surface area contributed by atoms with Crippen molar-refractivity contribution < 1.29 is 14.5 Å². The highest BCUT2D eigenvalue weighted by Crippen LogP contribution is 2.45. The largest absolute Gasteiger partial charge is 0.465 e. The van der Waals surface area contributed by atoms with Gasteiger partial charge in [0.2, 0.25) is 0 Å². The molecule has 0 saturated heterocycles. The number of nitro groups is 1. The first kappa shape index (κ1) is 22.6. The van der Waals surface area contributed by atoms with Crippen LogP contribution in [0.4, 0.5) is 17.1 Å². The van der Waals surface area contributed by atoms with Crippen LogP contribution in [0, 0.1) is 16.0 Å². The maximum atomic E-state index is 12.2. The Morgan fingerprint density at radius 1 is 1.14 bits per heavy atom. The molecule has 0 saturated carbocycles. The van der Waals surface area contributed by atoms with Gasteiger partial charge in [0, 0.05) is 30.4 Å². The third kappa shape index (κ3) is 3.90. The van der Waals surface area contributed by atoms with Crippen LogP contribution >= 0.6 is 0 Å². The average molecular weight is 471 g/mol. The second kappa shape index (κ2) is 8.87. The summed E-state index contributed by atoms with van der Waals surface area (Å²) in [5, 5.41) is 12.2. The van der Waals surface area contributed by atoms with Gasteiger partial charge >= 0.3 is 5.97 Å². The van der Waals surface area contributed by atoms with E-state index < -0.39 is 5.97 Å². The molecule has 35 heavy (non-hydrogen) atoms. The fourth-order valence-corrected chi connectivity index (χ4v) is 4.84. The second-order valence-electron chi connectivity index (χ2n) is 9.10. The molecule has 1 aromatic heterocycles. The molecule has 0 N–H and O–H groups in total. The molecule has 178 valence electrons. The number of hydrogen-bond donors (Lipinski definition) is 0. The van der Waals surface area contributed by atoms with E-state index in [9.17, 15) is 14.9 Å². The zero-order chi connectivity index (χ0) is 24.7. The SMILES string of the molecule is COC(=O)c1ccc2c(c1)nc(-c1cccc([N+](=O)[O-])c1N1CCc3ccccc31)n2CC(C)C. The van der Waals surface area contributed by atoms with E-state index in [1.165, 1.54) is 7.11 Å². The number of benzene rings is 3. The van der Waals surface area contributed by atoms with Gasteiger partial charge in [-0.25, -0.2) is 9.78 Å². The van der Waals surface area contributed by atoms with Crippen LogP contribution in [0.15, 0.2) is 60.7 Å². The zero-order valence-electron chi connectivity index (χ0n) is 19.9. The highest BCUT2D eigenvalue weighted by Gasteiger charge is 2.31. The molecule has 8 heteroatoms. The lowest BCUT2D eigenvalue weighted by molar-refractivity contribution is -0.384. The minimum atomic E-state index is -0.434. The normalized spacial score (nSPS) is 12.9. The van der Waals surface area contributed by atoms with Crippen molar-refractivity contribution in [1.29, 1.82) is 0 Å². The van der Waals surface area contributed by atoms with E-state index in [4.69, 9.17) is 9.72 Å². The highest BCUT2D eigenvalue weighted by atomic mass is 16.6. The number of imidazole rings is 1. The molecule has 8 nitrogen and oxygen atoms in total. The molecule has 1 aliphatic rings. The van der Waals surface area contributed by atoms with Gasteiger partial charge in [0.25, 0.3) is 5.69 Å². The maximum Gasteiger partial charge on any atom is 0.337 e. The molecule has 0 spiro atoms. The van der Waals surface area contributed by atoms with Crippen LogP contribution in [0.1, 0.15) is 29.8 Å². The first-order valence-electron chi connectivity index (χ1n) is 11.6. The topological polar surface area (TPSA) is 90.5 Å². The van der Waals surface area contributed by atoms with Gasteiger partial charge in [-0.15, -0.1) is 0 Å². The average Bonchev–Trinajstić information content (AvgIpc) is 3.44. The molecular formula is C27H26N4O4. The summed E-state index contributed by atoms with van der Waals surface area (Å²) in [5.41, 5.74) is 5.32. The Bertz CT molecular complexity index is 1460. The molecule has 0 amide bonds. The Kier molecular flexibility index (Phi) is 5.72. The van der Waals surface area contributed by atoms with Gasteiger partial charge in [0.05, 0.1) is 28.6 Å². The van der Waals surface area contributed by atoms with E-state index in [2.05, 4.69) is 24.5 Å². The molecule has 0 unspecified atom stereocenters. The van der Waals surface area contributed by atoms with Crippen LogP contribution < -0.4 is 4.90 Å². The number of fused-ring (bicyclic) bond motifs is 2. The Morgan fingerprint density at radius 3 is 2.69 bits per heavy atom. The van der Waals surface area contributed by atoms with E-state index in [0.717, 1.165) is 23.2 Å².